The zero-order valence-electron chi connectivity index (χ0n) is 47.6. The fraction of sp³-hybridized carbons (Fsp3) is 0.922. The van der Waals surface area contributed by atoms with Gasteiger partial charge in [-0.3, -0.25) is 14.4 Å². The van der Waals surface area contributed by atoms with Crippen LogP contribution in [0.3, 0.4) is 0 Å². The van der Waals surface area contributed by atoms with Crippen LogP contribution in [0.15, 0.2) is 12.2 Å². The highest BCUT2D eigenvalue weighted by molar-refractivity contribution is 5.71. The van der Waals surface area contributed by atoms with Crippen LogP contribution >= 0.6 is 0 Å². The van der Waals surface area contributed by atoms with Crippen molar-refractivity contribution in [3.05, 3.63) is 12.2 Å². The highest BCUT2D eigenvalue weighted by Gasteiger charge is 2.19. The Kier molecular flexibility index (Phi) is 58.1. The normalized spacial score (nSPS) is 12.0. The molecule has 0 radical (unpaired) electrons. The molecular formula is C64H122O6. The largest absolute Gasteiger partial charge is 0.462 e. The van der Waals surface area contributed by atoms with E-state index < -0.39 is 6.10 Å². The van der Waals surface area contributed by atoms with Crippen LogP contribution in [0.2, 0.25) is 0 Å². The number of ether oxygens (including phenoxy) is 3. The van der Waals surface area contributed by atoms with Gasteiger partial charge in [-0.1, -0.05) is 309 Å². The van der Waals surface area contributed by atoms with Crippen molar-refractivity contribution in [1.82, 2.24) is 0 Å². The quantitative estimate of drug-likeness (QED) is 0.0261. The predicted molar refractivity (Wildman–Crippen MR) is 303 cm³/mol. The molecule has 0 amide bonds. The van der Waals surface area contributed by atoms with Gasteiger partial charge in [-0.15, -0.1) is 0 Å². The van der Waals surface area contributed by atoms with Gasteiger partial charge in [-0.05, 0) is 44.9 Å². The summed E-state index contributed by atoms with van der Waals surface area (Å²) < 4.78 is 16.9. The highest BCUT2D eigenvalue weighted by atomic mass is 16.6. The highest BCUT2D eigenvalue weighted by Crippen LogP contribution is 2.18. The third-order valence-corrected chi connectivity index (χ3v) is 14.5. The summed E-state index contributed by atoms with van der Waals surface area (Å²) in [6, 6.07) is 0. The molecule has 0 aromatic heterocycles. The van der Waals surface area contributed by atoms with E-state index in [1.165, 1.54) is 257 Å². The average Bonchev–Trinajstić information content (AvgIpc) is 3.36. The lowest BCUT2D eigenvalue weighted by Crippen LogP contribution is -2.30. The zero-order chi connectivity index (χ0) is 50.7. The fourth-order valence-electron chi connectivity index (χ4n) is 9.74. The molecule has 1 atom stereocenters. The number of esters is 3. The molecule has 0 saturated heterocycles. The summed E-state index contributed by atoms with van der Waals surface area (Å²) in [6.07, 6.45) is 69.5. The van der Waals surface area contributed by atoms with E-state index in [2.05, 4.69) is 32.9 Å². The van der Waals surface area contributed by atoms with E-state index in [4.69, 9.17) is 14.2 Å². The second-order valence-corrected chi connectivity index (χ2v) is 21.7. The van der Waals surface area contributed by atoms with Crippen molar-refractivity contribution in [3.8, 4) is 0 Å². The van der Waals surface area contributed by atoms with E-state index in [1.807, 2.05) is 0 Å². The predicted octanol–water partition coefficient (Wildman–Crippen LogP) is 21.3. The molecule has 0 aliphatic rings. The molecule has 6 heteroatoms. The molecule has 0 aromatic rings. The molecule has 0 aromatic carbocycles. The molecule has 0 N–H and O–H groups in total. The van der Waals surface area contributed by atoms with Crippen LogP contribution < -0.4 is 0 Å². The van der Waals surface area contributed by atoms with E-state index in [-0.39, 0.29) is 31.1 Å². The van der Waals surface area contributed by atoms with Crippen LogP contribution in [0.1, 0.15) is 361 Å². The average molecular weight is 988 g/mol. The van der Waals surface area contributed by atoms with Gasteiger partial charge in [0.1, 0.15) is 13.2 Å². The Morgan fingerprint density at radius 2 is 0.471 bits per heavy atom. The van der Waals surface area contributed by atoms with Gasteiger partial charge in [-0.25, -0.2) is 0 Å². The first-order chi connectivity index (χ1) is 34.5. The Morgan fingerprint density at radius 1 is 0.271 bits per heavy atom. The maximum atomic E-state index is 12.8. The molecule has 0 bridgehead atoms. The molecule has 0 fully saturated rings. The molecule has 6 nitrogen and oxygen atoms in total. The number of carbonyl (C=O) groups is 3. The summed E-state index contributed by atoms with van der Waals surface area (Å²) in [5, 5.41) is 0. The monoisotopic (exact) mass is 987 g/mol. The summed E-state index contributed by atoms with van der Waals surface area (Å²) in [5.74, 6) is -0.852. The van der Waals surface area contributed by atoms with Gasteiger partial charge in [0, 0.05) is 19.3 Å². The van der Waals surface area contributed by atoms with Gasteiger partial charge < -0.3 is 14.2 Å². The first-order valence-corrected chi connectivity index (χ1v) is 31.7. The Hall–Kier alpha value is -1.85. The maximum Gasteiger partial charge on any atom is 0.306 e. The molecule has 0 aliphatic carbocycles. The summed E-state index contributed by atoms with van der Waals surface area (Å²) in [4.78, 5) is 38.1. The maximum absolute atomic E-state index is 12.8. The minimum atomic E-state index is -0.768. The number of allylic oxidation sites excluding steroid dienone is 2. The van der Waals surface area contributed by atoms with Gasteiger partial charge in [-0.2, -0.15) is 0 Å². The van der Waals surface area contributed by atoms with E-state index in [0.29, 0.717) is 19.3 Å². The molecular weight excluding hydrogens is 865 g/mol. The molecule has 0 heterocycles. The molecule has 0 saturated carbocycles. The minimum absolute atomic E-state index is 0.0675. The Bertz CT molecular complexity index is 1090. The fourth-order valence-corrected chi connectivity index (χ4v) is 9.74. The van der Waals surface area contributed by atoms with E-state index in [0.717, 1.165) is 64.2 Å². The second kappa shape index (κ2) is 59.7. The van der Waals surface area contributed by atoms with Gasteiger partial charge in [0.2, 0.25) is 0 Å². The van der Waals surface area contributed by atoms with Crippen LogP contribution in [-0.2, 0) is 28.6 Å². The first-order valence-electron chi connectivity index (χ1n) is 31.7. The van der Waals surface area contributed by atoms with E-state index in [9.17, 15) is 14.4 Å². The lowest BCUT2D eigenvalue weighted by molar-refractivity contribution is -0.167. The third-order valence-electron chi connectivity index (χ3n) is 14.5. The van der Waals surface area contributed by atoms with Crippen molar-refractivity contribution in [2.45, 2.75) is 367 Å². The van der Waals surface area contributed by atoms with Crippen molar-refractivity contribution < 1.29 is 28.6 Å². The van der Waals surface area contributed by atoms with Crippen molar-refractivity contribution in [2.24, 2.45) is 0 Å². The van der Waals surface area contributed by atoms with Crippen molar-refractivity contribution in [3.63, 3.8) is 0 Å². The van der Waals surface area contributed by atoms with Crippen LogP contribution in [0.4, 0.5) is 0 Å². The van der Waals surface area contributed by atoms with E-state index in [1.54, 1.807) is 0 Å². The lowest BCUT2D eigenvalue weighted by Gasteiger charge is -2.18. The SMILES string of the molecule is CCCCCCCC/C=C\CCCCCCCC(=O)OC(COC(=O)CCCCCCCCCCCC)COC(=O)CCCCCCCCCCCCCCCCCCCCCCCCCCCCC. The molecule has 0 spiro atoms. The van der Waals surface area contributed by atoms with Crippen molar-refractivity contribution in [2.75, 3.05) is 13.2 Å². The summed E-state index contributed by atoms with van der Waals surface area (Å²) in [7, 11) is 0. The van der Waals surface area contributed by atoms with Gasteiger partial charge in [0.15, 0.2) is 6.10 Å². The molecule has 70 heavy (non-hydrogen) atoms. The zero-order valence-corrected chi connectivity index (χ0v) is 47.6. The van der Waals surface area contributed by atoms with Crippen LogP contribution in [0, 0.1) is 0 Å². The Labute approximate surface area is 437 Å². The molecule has 1 unspecified atom stereocenters. The number of hydrogen-bond donors (Lipinski definition) is 0. The van der Waals surface area contributed by atoms with Gasteiger partial charge in [0.05, 0.1) is 0 Å². The van der Waals surface area contributed by atoms with Crippen LogP contribution in [-0.4, -0.2) is 37.2 Å². The summed E-state index contributed by atoms with van der Waals surface area (Å²) >= 11 is 0. The minimum Gasteiger partial charge on any atom is -0.462 e. The van der Waals surface area contributed by atoms with Crippen LogP contribution in [0.25, 0.3) is 0 Å². The standard InChI is InChI=1S/C64H122O6/c1-4-7-10-13-16-19-22-24-26-27-28-29-30-31-32-33-34-35-36-37-39-40-42-45-48-51-54-57-63(66)69-60-61(59-68-62(65)56-53-50-47-44-21-18-15-12-9-6-3)70-64(67)58-55-52-49-46-43-41-38-25-23-20-17-14-11-8-5-2/h25,38,61H,4-24,26-37,39-60H2,1-3H3/b38-25-. The summed E-state index contributed by atoms with van der Waals surface area (Å²) in [6.45, 7) is 6.68. The molecule has 0 aliphatic heterocycles. The first kappa shape index (κ1) is 68.2. The van der Waals surface area contributed by atoms with Crippen LogP contribution in [0.5, 0.6) is 0 Å². The second-order valence-electron chi connectivity index (χ2n) is 21.7. The Balaban J connectivity index is 4.11. The topological polar surface area (TPSA) is 78.9 Å². The number of unbranched alkanes of at least 4 members (excludes halogenated alkanes) is 46. The molecule has 0 rings (SSSR count). The summed E-state index contributed by atoms with van der Waals surface area (Å²) in [5.41, 5.74) is 0. The Morgan fingerprint density at radius 3 is 0.714 bits per heavy atom. The smallest absolute Gasteiger partial charge is 0.306 e. The third kappa shape index (κ3) is 57.1. The van der Waals surface area contributed by atoms with Crippen molar-refractivity contribution in [1.29, 1.82) is 0 Å². The number of hydrogen-bond acceptors (Lipinski definition) is 6. The molecule has 414 valence electrons. The number of carbonyl (C=O) groups excluding carboxylic acids is 3. The number of rotatable bonds is 59. The van der Waals surface area contributed by atoms with Gasteiger partial charge in [0.25, 0.3) is 0 Å². The van der Waals surface area contributed by atoms with E-state index >= 15 is 0 Å². The van der Waals surface area contributed by atoms with Gasteiger partial charge >= 0.3 is 17.9 Å². The lowest BCUT2D eigenvalue weighted by atomic mass is 10.0. The van der Waals surface area contributed by atoms with Crippen molar-refractivity contribution >= 4 is 17.9 Å².